The first-order chi connectivity index (χ1) is 37.7. The zero-order chi connectivity index (χ0) is 61.5. The van der Waals surface area contributed by atoms with E-state index in [1.54, 1.807) is 0 Å². The van der Waals surface area contributed by atoms with Crippen LogP contribution in [0.15, 0.2) is 0 Å². The Morgan fingerprint density at radius 2 is 0.482 bits per heavy atom. The number of nitrogens with one attached hydrogen (secondary N) is 8. The summed E-state index contributed by atoms with van der Waals surface area (Å²) in [7, 11) is 0. The molecule has 0 atom stereocenters. The molecule has 0 saturated heterocycles. The molecule has 19 heteroatoms. The van der Waals surface area contributed by atoms with Crippen molar-refractivity contribution in [3.05, 3.63) is 25.7 Å². The molecule has 0 aliphatic rings. The Balaban J connectivity index is -0.000000183. The maximum Gasteiger partial charge on any atom is 2.00 e. The van der Waals surface area contributed by atoms with Crippen molar-refractivity contribution < 1.29 is 132 Å². The Morgan fingerprint density at radius 3 is 0.711 bits per heavy atom. The van der Waals surface area contributed by atoms with Crippen molar-refractivity contribution in [3.8, 4) is 0 Å². The summed E-state index contributed by atoms with van der Waals surface area (Å²) in [6.07, 6.45) is 22.5. The van der Waals surface area contributed by atoms with Crippen molar-refractivity contribution in [2.45, 2.75) is 263 Å². The normalized spacial score (nSPS) is 10.7. The first-order valence-corrected chi connectivity index (χ1v) is 31.1. The number of rotatable bonds is 48. The van der Waals surface area contributed by atoms with Crippen LogP contribution in [0.4, 0.5) is 0 Å². The zero-order valence-corrected chi connectivity index (χ0v) is 68.0. The minimum Gasteiger partial charge on any atom is -0.358 e. The number of carbonyl (C=O) groups is 8. The second-order valence-electron chi connectivity index (χ2n) is 23.3. The van der Waals surface area contributed by atoms with Gasteiger partial charge in [-0.1, -0.05) is 124 Å². The van der Waals surface area contributed by atoms with Crippen LogP contribution in [0, 0.1) is 143 Å². The van der Waals surface area contributed by atoms with Gasteiger partial charge in [-0.15, -0.1) is 12.8 Å². The molecule has 0 rings (SSSR count). The molecule has 0 aromatic rings. The molecule has 16 nitrogen and oxygen atoms in total. The van der Waals surface area contributed by atoms with Crippen LogP contribution in [-0.2, 0) is 38.4 Å². The first kappa shape index (κ1) is 96.2. The molecule has 0 aliphatic carbocycles. The predicted molar refractivity (Wildman–Crippen MR) is 334 cm³/mol. The SMILES string of the molecule is CC(C)NCCCCNC(=O)CC[CH-]CC(=O)C(C)C.CC(C)NCCCCNC(=O)CC[CH-]CC(=O)C(C)C.CC(C)NCCCCNC(=O)C[CH-]CCC(=O)C(C)C.CC(C)NCCCCNC(=O)C[CH-]CCC(=O)C(C)C.[U+2].[U].[U]. The Bertz CT molecular complexity index is 1350. The van der Waals surface area contributed by atoms with Gasteiger partial charge in [-0.25, -0.2) is 0 Å². The van der Waals surface area contributed by atoms with Gasteiger partial charge in [-0.3, -0.25) is 28.8 Å². The average Bonchev–Trinajstić information content (AvgIpc) is 3.38. The van der Waals surface area contributed by atoms with Crippen LogP contribution in [-0.4, -0.2) is 123 Å². The molecular weight excluding hydrogens is 1720 g/mol. The van der Waals surface area contributed by atoms with Crippen molar-refractivity contribution in [2.24, 2.45) is 23.7 Å². The van der Waals surface area contributed by atoms with Crippen LogP contribution in [0.2, 0.25) is 0 Å². The van der Waals surface area contributed by atoms with Gasteiger partial charge in [0, 0.05) is 136 Å². The van der Waals surface area contributed by atoms with Gasteiger partial charge < -0.3 is 77.8 Å². The summed E-state index contributed by atoms with van der Waals surface area (Å²) in [6, 6.07) is 2.09. The number of Topliss-reactive ketones (excluding diaryl/α,β-unsaturated/α-hetero) is 4. The fraction of sp³-hybridized carbons (Fsp3) is 0.812. The summed E-state index contributed by atoms with van der Waals surface area (Å²) in [5.74, 6) is 1.62. The monoisotopic (exact) mass is 1850 g/mol. The van der Waals surface area contributed by atoms with Crippen LogP contribution in [0.1, 0.15) is 239 Å². The predicted octanol–water partition coefficient (Wildman–Crippen LogP) is 9.92. The third kappa shape index (κ3) is 81.6. The molecule has 83 heavy (non-hydrogen) atoms. The Morgan fingerprint density at radius 1 is 0.277 bits per heavy atom. The van der Waals surface area contributed by atoms with Crippen molar-refractivity contribution >= 4 is 46.8 Å². The van der Waals surface area contributed by atoms with Gasteiger partial charge >= 0.3 is 31.1 Å². The third-order valence-corrected chi connectivity index (χ3v) is 12.2. The molecule has 0 radical (unpaired) electrons. The van der Waals surface area contributed by atoms with Gasteiger partial charge in [0.25, 0.3) is 0 Å². The smallest absolute Gasteiger partial charge is 0.358 e. The van der Waals surface area contributed by atoms with Crippen molar-refractivity contribution in [1.29, 1.82) is 0 Å². The Kier molecular flexibility index (Phi) is 80.0. The molecule has 0 heterocycles. The van der Waals surface area contributed by atoms with Gasteiger partial charge in [-0.05, 0) is 103 Å². The van der Waals surface area contributed by atoms with Crippen LogP contribution < -0.4 is 42.5 Å². The number of carbonyl (C=O) groups excluding carboxylic acids is 8. The Labute approximate surface area is 580 Å². The molecule has 0 saturated carbocycles. The first-order valence-electron chi connectivity index (χ1n) is 31.1. The van der Waals surface area contributed by atoms with Gasteiger partial charge in [0.15, 0.2) is 11.8 Å². The summed E-state index contributed by atoms with van der Waals surface area (Å²) in [5, 5.41) is 25.0. The van der Waals surface area contributed by atoms with E-state index in [4.69, 9.17) is 0 Å². The fourth-order valence-corrected chi connectivity index (χ4v) is 6.75. The van der Waals surface area contributed by atoms with Gasteiger partial charge in [-0.2, -0.15) is 25.7 Å². The number of ketones is 4. The zero-order valence-electron chi connectivity index (χ0n) is 55.5. The summed E-state index contributed by atoms with van der Waals surface area (Å²) >= 11 is 0. The summed E-state index contributed by atoms with van der Waals surface area (Å²) < 4.78 is 0. The van der Waals surface area contributed by atoms with E-state index in [1.165, 1.54) is 0 Å². The number of unbranched alkanes of at least 4 members (excludes halogenated alkanes) is 8. The van der Waals surface area contributed by atoms with E-state index in [2.05, 4.69) is 97.9 Å². The van der Waals surface area contributed by atoms with Crippen molar-refractivity contribution in [1.82, 2.24) is 42.5 Å². The number of hydrogen-bond acceptors (Lipinski definition) is 12. The second-order valence-corrected chi connectivity index (χ2v) is 23.3. The second kappa shape index (κ2) is 69.0. The molecule has 0 aromatic heterocycles. The van der Waals surface area contributed by atoms with Crippen molar-refractivity contribution in [2.75, 3.05) is 52.4 Å². The van der Waals surface area contributed by atoms with Gasteiger partial charge in [0.1, 0.15) is 23.1 Å². The van der Waals surface area contributed by atoms with Crippen LogP contribution in [0.5, 0.6) is 0 Å². The standard InChI is InChI=1S/4C16H31N2O2.3U/c4*1-13(2)15(19)9-5-6-10-16(20)18-12-8-7-11-17-14(3)4;;;/h2*6,13-14,17H,5,7-12H2,1-4H3,(H,18,20);2*5,13-14,17H,6-12H2,1-4H3,(H,18,20);;;/q4*-1;;;+2. The summed E-state index contributed by atoms with van der Waals surface area (Å²) in [4.78, 5) is 91.6. The van der Waals surface area contributed by atoms with E-state index in [-0.39, 0.29) is 164 Å². The number of hydrogen-bond donors (Lipinski definition) is 8. The molecule has 0 aromatic carbocycles. The molecule has 4 amide bonds. The maximum atomic E-state index is 11.5. The van der Waals surface area contributed by atoms with E-state index >= 15 is 0 Å². The molecule has 0 bridgehead atoms. The van der Waals surface area contributed by atoms with Crippen LogP contribution in [0.25, 0.3) is 0 Å². The molecular formula is C64H124N8O8U3-2. The molecule has 0 spiro atoms. The van der Waals surface area contributed by atoms with Gasteiger partial charge in [0.05, 0.1) is 0 Å². The van der Waals surface area contributed by atoms with E-state index in [0.717, 1.165) is 104 Å². The van der Waals surface area contributed by atoms with Crippen molar-refractivity contribution in [3.63, 3.8) is 0 Å². The van der Waals surface area contributed by atoms with Crippen LogP contribution in [0.3, 0.4) is 0 Å². The quantitative estimate of drug-likeness (QED) is 0.0210. The summed E-state index contributed by atoms with van der Waals surface area (Å²) in [6.45, 7) is 39.2. The molecule has 8 N–H and O–H groups in total. The fourth-order valence-electron chi connectivity index (χ4n) is 6.75. The third-order valence-electron chi connectivity index (χ3n) is 12.2. The van der Waals surface area contributed by atoms with Gasteiger partial charge in [0.2, 0.25) is 11.8 Å². The molecule has 0 fully saturated rings. The van der Waals surface area contributed by atoms with E-state index in [0.29, 0.717) is 101 Å². The summed E-state index contributed by atoms with van der Waals surface area (Å²) in [5.41, 5.74) is 0. The largest absolute Gasteiger partial charge is 2.00 e. The van der Waals surface area contributed by atoms with E-state index in [1.807, 2.05) is 81.1 Å². The van der Waals surface area contributed by atoms with E-state index in [9.17, 15) is 38.4 Å². The molecule has 482 valence electrons. The maximum absolute atomic E-state index is 11.5. The minimum absolute atomic E-state index is 0. The van der Waals surface area contributed by atoms with Crippen LogP contribution >= 0.6 is 0 Å². The minimum atomic E-state index is 0. The Hall–Kier alpha value is -0.444. The molecule has 0 aliphatic heterocycles. The topological polar surface area (TPSA) is 233 Å². The average molecular weight is 1850 g/mol. The van der Waals surface area contributed by atoms with E-state index < -0.39 is 0 Å². The molecule has 0 unspecified atom stereocenters. The number of amides is 4.